The van der Waals surface area contributed by atoms with E-state index >= 15 is 0 Å². The number of aromatic nitrogens is 3. The number of rotatable bonds is 3. The highest BCUT2D eigenvalue weighted by Gasteiger charge is 2.31. The van der Waals surface area contributed by atoms with Gasteiger partial charge in [-0.3, -0.25) is 4.98 Å². The second-order valence-electron chi connectivity index (χ2n) is 7.44. The highest BCUT2D eigenvalue weighted by atomic mass is 35.5. The highest BCUT2D eigenvalue weighted by molar-refractivity contribution is 7.89. The molecule has 1 aliphatic carbocycles. The maximum absolute atomic E-state index is 13.3. The summed E-state index contributed by atoms with van der Waals surface area (Å²) in [6.07, 6.45) is 4.71. The van der Waals surface area contributed by atoms with E-state index < -0.39 is 10.0 Å². The minimum Gasteiger partial charge on any atom is -0.379 e. The number of sulfonamides is 1. The van der Waals surface area contributed by atoms with Crippen LogP contribution in [0, 0.1) is 0 Å². The zero-order chi connectivity index (χ0) is 21.6. The fraction of sp³-hybridized carbons (Fsp3) is 0.286. The first kappa shape index (κ1) is 20.3. The van der Waals surface area contributed by atoms with Crippen molar-refractivity contribution in [2.75, 3.05) is 32.0 Å². The van der Waals surface area contributed by atoms with Crippen molar-refractivity contribution in [1.29, 1.82) is 0 Å². The molecule has 1 saturated heterocycles. The third kappa shape index (κ3) is 3.57. The number of nitrogens with zero attached hydrogens (tertiary/aromatic N) is 4. The number of morpholine rings is 1. The van der Waals surface area contributed by atoms with Crippen LogP contribution in [0.15, 0.2) is 41.6 Å². The van der Waals surface area contributed by atoms with E-state index in [1.165, 1.54) is 4.31 Å². The third-order valence-corrected chi connectivity index (χ3v) is 7.96. The molecule has 2 N–H and O–H groups in total. The van der Waals surface area contributed by atoms with E-state index in [1.807, 2.05) is 12.1 Å². The van der Waals surface area contributed by atoms with Gasteiger partial charge in [0.05, 0.1) is 29.6 Å². The Kier molecular flexibility index (Phi) is 5.13. The molecule has 1 aromatic carbocycles. The van der Waals surface area contributed by atoms with Crippen LogP contribution in [0.25, 0.3) is 22.4 Å². The summed E-state index contributed by atoms with van der Waals surface area (Å²) in [7, 11) is -3.77. The minimum absolute atomic E-state index is 0.0835. The fourth-order valence-electron chi connectivity index (χ4n) is 4.12. The molecule has 0 unspecified atom stereocenters. The van der Waals surface area contributed by atoms with Crippen LogP contribution in [0.5, 0.6) is 0 Å². The maximum atomic E-state index is 13.3. The predicted octanol–water partition coefficient (Wildman–Crippen LogP) is 2.56. The molecule has 5 rings (SSSR count). The van der Waals surface area contributed by atoms with Crippen LogP contribution in [-0.4, -0.2) is 54.0 Å². The van der Waals surface area contributed by atoms with E-state index in [9.17, 15) is 8.42 Å². The molecule has 0 spiro atoms. The SMILES string of the molecule is Nc1nc2c(c(-c3ccncc3)n1)-c1cc(S(=O)(=O)N3CCOCC3)c(Cl)cc1CC2. The molecule has 1 fully saturated rings. The van der Waals surface area contributed by atoms with E-state index in [0.717, 1.165) is 27.9 Å². The molecule has 1 aliphatic heterocycles. The molecule has 0 bridgehead atoms. The number of hydrogen-bond acceptors (Lipinski definition) is 7. The fourth-order valence-corrected chi connectivity index (χ4v) is 6.08. The van der Waals surface area contributed by atoms with Gasteiger partial charge in [0.15, 0.2) is 0 Å². The zero-order valence-corrected chi connectivity index (χ0v) is 18.2. The topological polar surface area (TPSA) is 111 Å². The van der Waals surface area contributed by atoms with E-state index in [2.05, 4.69) is 15.0 Å². The summed E-state index contributed by atoms with van der Waals surface area (Å²) in [5.41, 5.74) is 10.8. The molecule has 2 aromatic heterocycles. The number of hydrogen-bond donors (Lipinski definition) is 1. The largest absolute Gasteiger partial charge is 0.379 e. The van der Waals surface area contributed by atoms with Gasteiger partial charge in [-0.05, 0) is 48.2 Å². The Morgan fingerprint density at radius 3 is 2.55 bits per heavy atom. The lowest BCUT2D eigenvalue weighted by molar-refractivity contribution is 0.0730. The maximum Gasteiger partial charge on any atom is 0.244 e. The van der Waals surface area contributed by atoms with Crippen LogP contribution in [-0.2, 0) is 27.6 Å². The zero-order valence-electron chi connectivity index (χ0n) is 16.6. The van der Waals surface area contributed by atoms with Gasteiger partial charge in [0, 0.05) is 36.6 Å². The van der Waals surface area contributed by atoms with Crippen molar-refractivity contribution < 1.29 is 13.2 Å². The summed E-state index contributed by atoms with van der Waals surface area (Å²) >= 11 is 6.48. The van der Waals surface area contributed by atoms with Gasteiger partial charge in [-0.25, -0.2) is 18.4 Å². The van der Waals surface area contributed by atoms with Crippen molar-refractivity contribution >= 4 is 27.6 Å². The van der Waals surface area contributed by atoms with Crippen molar-refractivity contribution in [1.82, 2.24) is 19.3 Å². The lowest BCUT2D eigenvalue weighted by Crippen LogP contribution is -2.40. The second-order valence-corrected chi connectivity index (χ2v) is 9.76. The monoisotopic (exact) mass is 457 g/mol. The van der Waals surface area contributed by atoms with Crippen LogP contribution in [0.2, 0.25) is 5.02 Å². The van der Waals surface area contributed by atoms with Gasteiger partial charge in [-0.15, -0.1) is 0 Å². The van der Waals surface area contributed by atoms with E-state index in [-0.39, 0.29) is 15.9 Å². The van der Waals surface area contributed by atoms with Crippen LogP contribution < -0.4 is 5.73 Å². The second kappa shape index (κ2) is 7.83. The Morgan fingerprint density at radius 2 is 1.81 bits per heavy atom. The molecule has 8 nitrogen and oxygen atoms in total. The van der Waals surface area contributed by atoms with Crippen molar-refractivity contribution in [3.05, 3.63) is 52.9 Å². The Hall–Kier alpha value is -2.59. The van der Waals surface area contributed by atoms with Gasteiger partial charge in [0.25, 0.3) is 0 Å². The van der Waals surface area contributed by atoms with Crippen molar-refractivity contribution in [3.63, 3.8) is 0 Å². The van der Waals surface area contributed by atoms with Gasteiger partial charge in [0.2, 0.25) is 16.0 Å². The molecule has 0 saturated carbocycles. The normalized spacial score (nSPS) is 16.5. The van der Waals surface area contributed by atoms with E-state index in [0.29, 0.717) is 44.8 Å². The van der Waals surface area contributed by atoms with Gasteiger partial charge >= 0.3 is 0 Å². The summed E-state index contributed by atoms with van der Waals surface area (Å²) in [4.78, 5) is 13.1. The quantitative estimate of drug-likeness (QED) is 0.643. The summed E-state index contributed by atoms with van der Waals surface area (Å²) in [5, 5.41) is 0.218. The van der Waals surface area contributed by atoms with Crippen LogP contribution in [0.1, 0.15) is 11.3 Å². The Balaban J connectivity index is 1.72. The van der Waals surface area contributed by atoms with Gasteiger partial charge < -0.3 is 10.5 Å². The molecule has 3 heterocycles. The molecule has 0 radical (unpaired) electrons. The van der Waals surface area contributed by atoms with E-state index in [1.54, 1.807) is 24.5 Å². The molecule has 3 aromatic rings. The molecule has 160 valence electrons. The first-order valence-electron chi connectivity index (χ1n) is 9.92. The van der Waals surface area contributed by atoms with Crippen molar-refractivity contribution in [2.45, 2.75) is 17.7 Å². The molecule has 31 heavy (non-hydrogen) atoms. The lowest BCUT2D eigenvalue weighted by atomic mass is 9.86. The highest BCUT2D eigenvalue weighted by Crippen LogP contribution is 2.42. The van der Waals surface area contributed by atoms with E-state index in [4.69, 9.17) is 22.1 Å². The van der Waals surface area contributed by atoms with Gasteiger partial charge in [-0.2, -0.15) is 4.31 Å². The summed E-state index contributed by atoms with van der Waals surface area (Å²) in [6.45, 7) is 1.33. The summed E-state index contributed by atoms with van der Waals surface area (Å²) in [5.74, 6) is 0.184. The van der Waals surface area contributed by atoms with Crippen LogP contribution in [0.4, 0.5) is 5.95 Å². The number of fused-ring (bicyclic) bond motifs is 3. The lowest BCUT2D eigenvalue weighted by Gasteiger charge is -2.28. The van der Waals surface area contributed by atoms with Crippen LogP contribution in [0.3, 0.4) is 0 Å². The Labute approximate surface area is 185 Å². The first-order valence-corrected chi connectivity index (χ1v) is 11.7. The number of aryl methyl sites for hydroxylation is 2. The summed E-state index contributed by atoms with van der Waals surface area (Å²) < 4.78 is 33.4. The third-order valence-electron chi connectivity index (χ3n) is 5.60. The van der Waals surface area contributed by atoms with Crippen LogP contribution >= 0.6 is 11.6 Å². The Bertz CT molecular complexity index is 1260. The number of halogens is 1. The molecular weight excluding hydrogens is 438 g/mol. The first-order chi connectivity index (χ1) is 14.9. The van der Waals surface area contributed by atoms with Gasteiger partial charge in [0.1, 0.15) is 4.90 Å². The molecular formula is C21H20ClN5O3S. The number of benzene rings is 1. The average molecular weight is 458 g/mol. The number of nitrogens with two attached hydrogens (primary N) is 1. The standard InChI is InChI=1S/C21H20ClN5O3S/c22-16-11-14-1-2-17-19(20(26-21(23)25-17)13-3-5-24-6-4-13)15(14)12-18(16)31(28,29)27-7-9-30-10-8-27/h3-6,11-12H,1-2,7-10H2,(H2,23,25,26). The molecule has 10 heteroatoms. The predicted molar refractivity (Wildman–Crippen MR) is 117 cm³/mol. The number of anilines is 1. The van der Waals surface area contributed by atoms with Crippen molar-refractivity contribution in [2.24, 2.45) is 0 Å². The Morgan fingerprint density at radius 1 is 1.06 bits per heavy atom. The molecule has 0 atom stereocenters. The molecule has 0 amide bonds. The average Bonchev–Trinajstić information content (AvgIpc) is 2.79. The number of nitrogen functional groups attached to an aromatic ring is 1. The number of ether oxygens (including phenoxy) is 1. The summed E-state index contributed by atoms with van der Waals surface area (Å²) in [6, 6.07) is 7.10. The smallest absolute Gasteiger partial charge is 0.244 e. The van der Waals surface area contributed by atoms with Gasteiger partial charge in [-0.1, -0.05) is 11.6 Å². The minimum atomic E-state index is -3.77. The van der Waals surface area contributed by atoms with Crippen molar-refractivity contribution in [3.8, 4) is 22.4 Å². The number of pyridine rings is 1. The molecule has 2 aliphatic rings.